The van der Waals surface area contributed by atoms with Crippen LogP contribution in [0, 0.1) is 5.92 Å². The van der Waals surface area contributed by atoms with Crippen LogP contribution in [0.5, 0.6) is 0 Å². The van der Waals surface area contributed by atoms with Crippen molar-refractivity contribution in [2.24, 2.45) is 5.92 Å². The van der Waals surface area contributed by atoms with E-state index in [4.69, 9.17) is 4.74 Å². The third kappa shape index (κ3) is 9.02. The Balaban J connectivity index is 2.40. The molecule has 0 aromatic heterocycles. The molecule has 0 spiro atoms. The Kier molecular flexibility index (Phi) is 10.1. The van der Waals surface area contributed by atoms with Gasteiger partial charge in [0, 0.05) is 18.7 Å². The maximum atomic E-state index is 12.2. The first-order valence-corrected chi connectivity index (χ1v) is 8.96. The van der Waals surface area contributed by atoms with E-state index in [-0.39, 0.29) is 24.9 Å². The Morgan fingerprint density at radius 1 is 1.07 bits per heavy atom. The van der Waals surface area contributed by atoms with E-state index in [0.29, 0.717) is 12.1 Å². The van der Waals surface area contributed by atoms with E-state index in [9.17, 15) is 19.2 Å². The Bertz CT molecular complexity index is 663. The molecule has 0 saturated carbocycles. The minimum atomic E-state index is -0.907. The van der Waals surface area contributed by atoms with Crippen molar-refractivity contribution in [1.29, 1.82) is 0 Å². The molecular weight excluding hydrogens is 366 g/mol. The van der Waals surface area contributed by atoms with Gasteiger partial charge in [0.2, 0.25) is 0 Å². The van der Waals surface area contributed by atoms with E-state index >= 15 is 0 Å². The smallest absolute Gasteiger partial charge is 0.329 e. The van der Waals surface area contributed by atoms with Gasteiger partial charge in [-0.25, -0.2) is 9.59 Å². The summed E-state index contributed by atoms with van der Waals surface area (Å²) in [6, 6.07) is 7.34. The van der Waals surface area contributed by atoms with Crippen molar-refractivity contribution in [3.63, 3.8) is 0 Å². The fourth-order valence-electron chi connectivity index (χ4n) is 2.17. The average Bonchev–Trinajstić information content (AvgIpc) is 2.67. The number of hydrogen-bond acceptors (Lipinski definition) is 6. The molecule has 0 bridgehead atoms. The van der Waals surface area contributed by atoms with E-state index in [0.717, 1.165) is 0 Å². The SMILES string of the molecule is COC(=O)CCCNC(=O)COC(=O)[C@@H](NC(=O)Nc1ccccc1)C(C)C. The summed E-state index contributed by atoms with van der Waals surface area (Å²) in [5, 5.41) is 7.71. The molecule has 1 rings (SSSR count). The number of para-hydroxylation sites is 1. The standard InChI is InChI=1S/C19H27N3O6/c1-13(2)17(22-19(26)21-14-8-5-4-6-9-14)18(25)28-12-15(23)20-11-7-10-16(24)27-3/h4-6,8-9,13,17H,7,10-12H2,1-3H3,(H,20,23)(H2,21,22,26)/t17-/m0/s1. The maximum Gasteiger partial charge on any atom is 0.329 e. The Labute approximate surface area is 164 Å². The summed E-state index contributed by atoms with van der Waals surface area (Å²) in [5.74, 6) is -1.80. The molecule has 0 aliphatic carbocycles. The predicted molar refractivity (Wildman–Crippen MR) is 102 cm³/mol. The number of carbonyl (C=O) groups excluding carboxylic acids is 4. The number of hydrogen-bond donors (Lipinski definition) is 3. The molecule has 0 aliphatic rings. The number of nitrogens with one attached hydrogen (secondary N) is 3. The summed E-state index contributed by atoms with van der Waals surface area (Å²) in [5.41, 5.74) is 0.585. The second-order valence-corrected chi connectivity index (χ2v) is 6.32. The largest absolute Gasteiger partial charge is 0.469 e. The van der Waals surface area contributed by atoms with Crippen LogP contribution in [0.1, 0.15) is 26.7 Å². The molecule has 1 atom stereocenters. The molecule has 0 unspecified atom stereocenters. The van der Waals surface area contributed by atoms with Crippen LogP contribution >= 0.6 is 0 Å². The van der Waals surface area contributed by atoms with E-state index in [1.807, 2.05) is 6.07 Å². The van der Waals surface area contributed by atoms with E-state index in [2.05, 4.69) is 20.7 Å². The van der Waals surface area contributed by atoms with E-state index in [1.54, 1.807) is 38.1 Å². The molecule has 0 heterocycles. The lowest BCUT2D eigenvalue weighted by Gasteiger charge is -2.21. The van der Waals surface area contributed by atoms with Crippen molar-refractivity contribution in [3.05, 3.63) is 30.3 Å². The monoisotopic (exact) mass is 393 g/mol. The molecule has 0 aliphatic heterocycles. The minimum Gasteiger partial charge on any atom is -0.469 e. The molecule has 3 N–H and O–H groups in total. The molecule has 0 saturated heterocycles. The van der Waals surface area contributed by atoms with E-state index in [1.165, 1.54) is 7.11 Å². The van der Waals surface area contributed by atoms with Gasteiger partial charge < -0.3 is 25.4 Å². The van der Waals surface area contributed by atoms with Crippen molar-refractivity contribution in [3.8, 4) is 0 Å². The Hall–Kier alpha value is -3.10. The summed E-state index contributed by atoms with van der Waals surface area (Å²) in [4.78, 5) is 47.0. The van der Waals surface area contributed by atoms with Crippen LogP contribution in [0.4, 0.5) is 10.5 Å². The Morgan fingerprint density at radius 2 is 1.75 bits per heavy atom. The van der Waals surface area contributed by atoms with Crippen LogP contribution in [0.15, 0.2) is 30.3 Å². The topological polar surface area (TPSA) is 123 Å². The molecule has 9 heteroatoms. The summed E-state index contributed by atoms with van der Waals surface area (Å²) in [6.45, 7) is 3.29. The van der Waals surface area contributed by atoms with Crippen molar-refractivity contribution in [2.45, 2.75) is 32.7 Å². The van der Waals surface area contributed by atoms with Crippen LogP contribution in [0.2, 0.25) is 0 Å². The number of ether oxygens (including phenoxy) is 2. The molecular formula is C19H27N3O6. The second-order valence-electron chi connectivity index (χ2n) is 6.32. The fourth-order valence-corrected chi connectivity index (χ4v) is 2.17. The molecule has 154 valence electrons. The first-order valence-electron chi connectivity index (χ1n) is 8.96. The van der Waals surface area contributed by atoms with Crippen LogP contribution in [-0.2, 0) is 23.9 Å². The van der Waals surface area contributed by atoms with Crippen LogP contribution in [-0.4, -0.2) is 50.2 Å². The highest BCUT2D eigenvalue weighted by Crippen LogP contribution is 2.07. The van der Waals surface area contributed by atoms with Gasteiger partial charge in [-0.15, -0.1) is 0 Å². The molecule has 0 fully saturated rings. The number of urea groups is 1. The lowest BCUT2D eigenvalue weighted by atomic mass is 10.1. The lowest BCUT2D eigenvalue weighted by Crippen LogP contribution is -2.47. The second kappa shape index (κ2) is 12.3. The normalized spacial score (nSPS) is 11.3. The summed E-state index contributed by atoms with van der Waals surface area (Å²) in [6.07, 6.45) is 0.606. The van der Waals surface area contributed by atoms with Gasteiger partial charge in [-0.2, -0.15) is 0 Å². The summed E-state index contributed by atoms with van der Waals surface area (Å²) >= 11 is 0. The summed E-state index contributed by atoms with van der Waals surface area (Å²) < 4.78 is 9.49. The fraction of sp³-hybridized carbons (Fsp3) is 0.474. The minimum absolute atomic E-state index is 0.187. The van der Waals surface area contributed by atoms with Crippen molar-refractivity contribution in [2.75, 3.05) is 25.6 Å². The average molecular weight is 393 g/mol. The highest BCUT2D eigenvalue weighted by molar-refractivity contribution is 5.93. The Morgan fingerprint density at radius 3 is 2.36 bits per heavy atom. The highest BCUT2D eigenvalue weighted by Gasteiger charge is 2.26. The van der Waals surface area contributed by atoms with Gasteiger partial charge in [0.1, 0.15) is 6.04 Å². The molecule has 1 aromatic carbocycles. The van der Waals surface area contributed by atoms with Gasteiger partial charge in [-0.3, -0.25) is 9.59 Å². The van der Waals surface area contributed by atoms with Gasteiger partial charge in [-0.1, -0.05) is 32.0 Å². The predicted octanol–water partition coefficient (Wildman–Crippen LogP) is 1.45. The third-order valence-electron chi connectivity index (χ3n) is 3.69. The zero-order valence-electron chi connectivity index (χ0n) is 16.3. The van der Waals surface area contributed by atoms with Gasteiger partial charge >= 0.3 is 18.0 Å². The van der Waals surface area contributed by atoms with Crippen molar-refractivity contribution in [1.82, 2.24) is 10.6 Å². The summed E-state index contributed by atoms with van der Waals surface area (Å²) in [7, 11) is 1.29. The number of benzene rings is 1. The van der Waals surface area contributed by atoms with Gasteiger partial charge in [0.25, 0.3) is 5.91 Å². The number of anilines is 1. The number of carbonyl (C=O) groups is 4. The number of esters is 2. The van der Waals surface area contributed by atoms with E-state index < -0.39 is 30.6 Å². The lowest BCUT2D eigenvalue weighted by molar-refractivity contribution is -0.151. The number of rotatable bonds is 10. The van der Waals surface area contributed by atoms with Gasteiger partial charge in [0.05, 0.1) is 7.11 Å². The molecule has 0 radical (unpaired) electrons. The third-order valence-corrected chi connectivity index (χ3v) is 3.69. The van der Waals surface area contributed by atoms with Crippen LogP contribution in [0.25, 0.3) is 0 Å². The zero-order valence-corrected chi connectivity index (χ0v) is 16.3. The molecule has 9 nitrogen and oxygen atoms in total. The van der Waals surface area contributed by atoms with Crippen molar-refractivity contribution < 1.29 is 28.7 Å². The first kappa shape index (κ1) is 22.9. The van der Waals surface area contributed by atoms with Crippen LogP contribution < -0.4 is 16.0 Å². The quantitative estimate of drug-likeness (QED) is 0.408. The maximum absolute atomic E-state index is 12.2. The van der Waals surface area contributed by atoms with Crippen molar-refractivity contribution >= 4 is 29.6 Å². The first-order chi connectivity index (χ1) is 13.3. The zero-order chi connectivity index (χ0) is 20.9. The molecule has 1 aromatic rings. The van der Waals surface area contributed by atoms with Crippen LogP contribution in [0.3, 0.4) is 0 Å². The molecule has 3 amide bonds. The molecule has 28 heavy (non-hydrogen) atoms. The number of methoxy groups -OCH3 is 1. The number of amides is 3. The van der Waals surface area contributed by atoms with Gasteiger partial charge in [0.15, 0.2) is 6.61 Å². The highest BCUT2D eigenvalue weighted by atomic mass is 16.5. The van der Waals surface area contributed by atoms with Gasteiger partial charge in [-0.05, 0) is 24.5 Å².